The summed E-state index contributed by atoms with van der Waals surface area (Å²) < 4.78 is 7.12. The van der Waals surface area contributed by atoms with Gasteiger partial charge >= 0.3 is 0 Å². The molecule has 0 unspecified atom stereocenters. The molecule has 4 aromatic rings. The van der Waals surface area contributed by atoms with Crippen molar-refractivity contribution in [3.05, 3.63) is 71.1 Å². The molecule has 168 valence electrons. The highest BCUT2D eigenvalue weighted by molar-refractivity contribution is 7.13. The quantitative estimate of drug-likeness (QED) is 0.406. The van der Waals surface area contributed by atoms with Gasteiger partial charge in [-0.25, -0.2) is 4.98 Å². The zero-order valence-electron chi connectivity index (χ0n) is 18.5. The lowest BCUT2D eigenvalue weighted by Gasteiger charge is -2.20. The number of fused-ring (bicyclic) bond motifs is 1. The van der Waals surface area contributed by atoms with Gasteiger partial charge in [0, 0.05) is 47.2 Å². The van der Waals surface area contributed by atoms with Gasteiger partial charge in [0.2, 0.25) is 5.91 Å². The molecule has 1 aliphatic rings. The van der Waals surface area contributed by atoms with Gasteiger partial charge in [0.15, 0.2) is 5.13 Å². The molecule has 3 heterocycles. The third-order valence-corrected chi connectivity index (χ3v) is 6.88. The van der Waals surface area contributed by atoms with Gasteiger partial charge in [-0.05, 0) is 61.6 Å². The van der Waals surface area contributed by atoms with E-state index in [1.54, 1.807) is 47.3 Å². The van der Waals surface area contributed by atoms with E-state index in [-0.39, 0.29) is 18.2 Å². The number of aromatic nitrogens is 3. The van der Waals surface area contributed by atoms with Crippen LogP contribution in [-0.4, -0.2) is 40.0 Å². The molecule has 1 fully saturated rings. The molecule has 1 saturated carbocycles. The van der Waals surface area contributed by atoms with Crippen molar-refractivity contribution in [3.63, 3.8) is 0 Å². The Kier molecular flexibility index (Phi) is 5.68. The van der Waals surface area contributed by atoms with Gasteiger partial charge in [0.25, 0.3) is 5.91 Å². The van der Waals surface area contributed by atoms with Gasteiger partial charge in [-0.2, -0.15) is 0 Å². The molecule has 7 nitrogen and oxygen atoms in total. The first-order valence-corrected chi connectivity index (χ1v) is 11.8. The van der Waals surface area contributed by atoms with Crippen LogP contribution in [0.2, 0.25) is 0 Å². The van der Waals surface area contributed by atoms with Crippen molar-refractivity contribution < 1.29 is 14.3 Å². The Balaban J connectivity index is 1.57. The fourth-order valence-corrected chi connectivity index (χ4v) is 4.81. The van der Waals surface area contributed by atoms with E-state index in [9.17, 15) is 9.59 Å². The first-order valence-electron chi connectivity index (χ1n) is 10.9. The predicted molar refractivity (Wildman–Crippen MR) is 128 cm³/mol. The van der Waals surface area contributed by atoms with Gasteiger partial charge in [0.05, 0.1) is 19.0 Å². The topological polar surface area (TPSA) is 77.3 Å². The summed E-state index contributed by atoms with van der Waals surface area (Å²) in [5, 5.41) is 3.45. The molecule has 3 aromatic heterocycles. The predicted octanol–water partition coefficient (Wildman–Crippen LogP) is 4.48. The number of amides is 1. The Bertz CT molecular complexity index is 1310. The number of nitrogens with zero attached hydrogens (tertiary/aromatic N) is 4. The molecule has 1 amide bonds. The number of hydrogen-bond acceptors (Lipinski definition) is 6. The third kappa shape index (κ3) is 4.14. The molecule has 0 aliphatic heterocycles. The molecule has 0 N–H and O–H groups in total. The fourth-order valence-electron chi connectivity index (χ4n) is 4.14. The summed E-state index contributed by atoms with van der Waals surface area (Å²) in [5.41, 5.74) is 2.87. The number of hydrogen-bond donors (Lipinski definition) is 0. The summed E-state index contributed by atoms with van der Waals surface area (Å²) in [6.07, 6.45) is 7.40. The fraction of sp³-hybridized carbons (Fsp3) is 0.280. The van der Waals surface area contributed by atoms with Crippen molar-refractivity contribution in [1.29, 1.82) is 0 Å². The highest BCUT2D eigenvalue weighted by atomic mass is 32.1. The lowest BCUT2D eigenvalue weighted by Crippen LogP contribution is -2.34. The summed E-state index contributed by atoms with van der Waals surface area (Å²) in [6.45, 7) is 2.58. The zero-order chi connectivity index (χ0) is 22.9. The summed E-state index contributed by atoms with van der Waals surface area (Å²) in [6, 6.07) is 9.00. The van der Waals surface area contributed by atoms with Crippen LogP contribution in [0.15, 0.2) is 54.3 Å². The highest BCUT2D eigenvalue weighted by Gasteiger charge is 2.30. The number of ether oxygens (including phenoxy) is 1. The van der Waals surface area contributed by atoms with Gasteiger partial charge in [-0.1, -0.05) is 0 Å². The Morgan fingerprint density at radius 3 is 2.64 bits per heavy atom. The van der Waals surface area contributed by atoms with E-state index in [1.807, 2.05) is 30.5 Å². The minimum Gasteiger partial charge on any atom is -0.497 e. The van der Waals surface area contributed by atoms with E-state index in [0.717, 1.165) is 40.1 Å². The van der Waals surface area contributed by atoms with Crippen LogP contribution in [-0.2, 0) is 11.2 Å². The number of pyridine rings is 1. The van der Waals surface area contributed by atoms with E-state index < -0.39 is 0 Å². The molecule has 33 heavy (non-hydrogen) atoms. The van der Waals surface area contributed by atoms with Crippen molar-refractivity contribution in [3.8, 4) is 5.75 Å². The van der Waals surface area contributed by atoms with Crippen LogP contribution >= 0.6 is 11.3 Å². The number of carbonyl (C=O) groups excluding carboxylic acids is 2. The minimum atomic E-state index is -0.154. The molecule has 0 spiro atoms. The van der Waals surface area contributed by atoms with Crippen molar-refractivity contribution >= 4 is 39.2 Å². The van der Waals surface area contributed by atoms with E-state index in [1.165, 1.54) is 11.3 Å². The van der Waals surface area contributed by atoms with Gasteiger partial charge < -0.3 is 4.74 Å². The summed E-state index contributed by atoms with van der Waals surface area (Å²) >= 11 is 1.47. The Hall–Kier alpha value is -3.52. The van der Waals surface area contributed by atoms with Gasteiger partial charge in [-0.3, -0.25) is 24.0 Å². The standard InChI is InChI=1S/C25H24N4O3S/c1-16-20(14-23(30)28(15-17-3-4-17)25-27-11-12-33-25)21-13-19(32-2)5-6-22(21)29(16)24(31)18-7-9-26-10-8-18/h5-13,17H,3-4,14-15H2,1-2H3. The number of anilines is 1. The maximum absolute atomic E-state index is 13.5. The van der Waals surface area contributed by atoms with Crippen molar-refractivity contribution in [2.45, 2.75) is 26.2 Å². The highest BCUT2D eigenvalue weighted by Crippen LogP contribution is 2.34. The number of rotatable bonds is 7. The minimum absolute atomic E-state index is 0.0156. The first-order chi connectivity index (χ1) is 16.1. The molecule has 0 bridgehead atoms. The number of carbonyl (C=O) groups is 2. The normalized spacial score (nSPS) is 13.3. The summed E-state index contributed by atoms with van der Waals surface area (Å²) in [4.78, 5) is 37.1. The SMILES string of the molecule is COc1ccc2c(c1)c(CC(=O)N(CC1CC1)c1nccs1)c(C)n2C(=O)c1ccncc1. The van der Waals surface area contributed by atoms with Crippen molar-refractivity contribution in [2.24, 2.45) is 5.92 Å². The van der Waals surface area contributed by atoms with Crippen LogP contribution in [0.25, 0.3) is 10.9 Å². The third-order valence-electron chi connectivity index (χ3n) is 6.09. The number of benzene rings is 1. The Labute approximate surface area is 195 Å². The lowest BCUT2D eigenvalue weighted by atomic mass is 10.1. The van der Waals surface area contributed by atoms with Crippen molar-refractivity contribution in [1.82, 2.24) is 14.5 Å². The number of thiazole rings is 1. The van der Waals surface area contributed by atoms with Gasteiger partial charge in [-0.15, -0.1) is 11.3 Å². The smallest absolute Gasteiger partial charge is 0.262 e. The van der Waals surface area contributed by atoms with Crippen LogP contribution in [0.1, 0.15) is 34.5 Å². The van der Waals surface area contributed by atoms with Crippen molar-refractivity contribution in [2.75, 3.05) is 18.6 Å². The number of methoxy groups -OCH3 is 1. The summed E-state index contributed by atoms with van der Waals surface area (Å²) in [5.74, 6) is 1.05. The average Bonchev–Trinajstić information content (AvgIpc) is 3.42. The van der Waals surface area contributed by atoms with E-state index >= 15 is 0 Å². The van der Waals surface area contributed by atoms with E-state index in [2.05, 4.69) is 9.97 Å². The molecule has 5 rings (SSSR count). The van der Waals surface area contributed by atoms with Crippen LogP contribution in [0.5, 0.6) is 5.75 Å². The second kappa shape index (κ2) is 8.78. The van der Waals surface area contributed by atoms with Crippen LogP contribution in [0, 0.1) is 12.8 Å². The molecule has 1 aromatic carbocycles. The van der Waals surface area contributed by atoms with Crippen LogP contribution in [0.4, 0.5) is 5.13 Å². The maximum Gasteiger partial charge on any atom is 0.262 e. The maximum atomic E-state index is 13.5. The molecular formula is C25H24N4O3S. The second-order valence-electron chi connectivity index (χ2n) is 8.26. The summed E-state index contributed by atoms with van der Waals surface area (Å²) in [7, 11) is 1.61. The largest absolute Gasteiger partial charge is 0.497 e. The van der Waals surface area contributed by atoms with Crippen LogP contribution in [0.3, 0.4) is 0 Å². The molecule has 0 saturated heterocycles. The van der Waals surface area contributed by atoms with E-state index in [4.69, 9.17) is 4.74 Å². The van der Waals surface area contributed by atoms with Crippen LogP contribution < -0.4 is 9.64 Å². The zero-order valence-corrected chi connectivity index (χ0v) is 19.3. The van der Waals surface area contributed by atoms with Gasteiger partial charge in [0.1, 0.15) is 5.75 Å². The lowest BCUT2D eigenvalue weighted by molar-refractivity contribution is -0.118. The Morgan fingerprint density at radius 1 is 1.18 bits per heavy atom. The molecule has 0 atom stereocenters. The average molecular weight is 461 g/mol. The second-order valence-corrected chi connectivity index (χ2v) is 9.14. The molecule has 0 radical (unpaired) electrons. The first kappa shape index (κ1) is 21.3. The molecule has 1 aliphatic carbocycles. The van der Waals surface area contributed by atoms with E-state index in [0.29, 0.717) is 23.8 Å². The monoisotopic (exact) mass is 460 g/mol. The molecular weight excluding hydrogens is 436 g/mol. The Morgan fingerprint density at radius 2 is 1.97 bits per heavy atom. The molecule has 8 heteroatoms.